The van der Waals surface area contributed by atoms with Crippen LogP contribution < -0.4 is 26.0 Å². The second-order valence-corrected chi connectivity index (χ2v) is 23.4. The standard InChI is InChI=1S/C62H86F2N12O13/c1-43-12-14-45(15-13-43)9-7-11-53(77)67-21-5-3-10-52(70-54(78)38-71-25-27-72(39-56(80)81)29-31-74(41-58(84)85)32-30-73(28-26-71)40-57(82)83)60(87)69-44(2)61(88)75-23-19-46(20-24-75)8-4-6-33-89-48-16-17-51-50(34-48)49(18-22-66-51)59(86)68-37-55(79)76-42-62(63,64)35-47(76)36-65/h12-18,22,34,44,46-47,52H,3-11,19-21,23-33,35,37-42H2,1-2H3,(H,67,77)(H,68,86)(H,69,87)(H,70,78)(H,80,81)(H,82,83)(H,84,85)/t44-,47+,52-/m0/s1. The van der Waals surface area contributed by atoms with Crippen molar-refractivity contribution in [2.45, 2.75) is 115 Å². The number of carbonyl (C=O) groups excluding carboxylic acids is 6. The lowest BCUT2D eigenvalue weighted by atomic mass is 9.91. The number of nitrogens with zero attached hydrogens (tertiary/aromatic N) is 8. The number of halogens is 2. The zero-order valence-corrected chi connectivity index (χ0v) is 51.0. The second-order valence-electron chi connectivity index (χ2n) is 23.4. The molecule has 89 heavy (non-hydrogen) atoms. The molecule has 486 valence electrons. The number of likely N-dealkylation sites (tertiary alicyclic amines) is 2. The van der Waals surface area contributed by atoms with Crippen LogP contribution in [0.3, 0.4) is 0 Å². The Morgan fingerprint density at radius 3 is 1.93 bits per heavy atom. The van der Waals surface area contributed by atoms with Crippen LogP contribution in [0, 0.1) is 24.2 Å². The van der Waals surface area contributed by atoms with Crippen LogP contribution in [0.5, 0.6) is 5.75 Å². The molecule has 6 rings (SSSR count). The number of alkyl halides is 2. The molecule has 0 unspecified atom stereocenters. The number of ether oxygens (including phenoxy) is 1. The minimum absolute atomic E-state index is 0.0968. The molecule has 3 aliphatic heterocycles. The first-order chi connectivity index (χ1) is 42.5. The topological polar surface area (TPSA) is 328 Å². The van der Waals surface area contributed by atoms with Crippen LogP contribution in [-0.4, -0.2) is 245 Å². The number of nitriles is 1. The van der Waals surface area contributed by atoms with E-state index in [1.54, 1.807) is 55.7 Å². The van der Waals surface area contributed by atoms with Crippen molar-refractivity contribution in [3.63, 3.8) is 0 Å². The highest BCUT2D eigenvalue weighted by molar-refractivity contribution is 6.07. The third-order valence-electron chi connectivity index (χ3n) is 16.3. The molecular weight excluding hydrogens is 1160 g/mol. The Morgan fingerprint density at radius 1 is 0.730 bits per heavy atom. The van der Waals surface area contributed by atoms with Crippen LogP contribution in [0.2, 0.25) is 0 Å². The van der Waals surface area contributed by atoms with Gasteiger partial charge >= 0.3 is 17.9 Å². The van der Waals surface area contributed by atoms with E-state index in [0.717, 1.165) is 48.1 Å². The number of aromatic nitrogens is 1. The normalized spacial score (nSPS) is 18.1. The van der Waals surface area contributed by atoms with Gasteiger partial charge in [-0.1, -0.05) is 36.2 Å². The number of carboxylic acid groups (broad SMARTS) is 3. The molecule has 3 atom stereocenters. The van der Waals surface area contributed by atoms with Gasteiger partial charge in [0.15, 0.2) is 0 Å². The highest BCUT2D eigenvalue weighted by Gasteiger charge is 2.47. The summed E-state index contributed by atoms with van der Waals surface area (Å²) in [7, 11) is 0. The van der Waals surface area contributed by atoms with Crippen molar-refractivity contribution >= 4 is 64.3 Å². The van der Waals surface area contributed by atoms with Gasteiger partial charge < -0.3 is 51.1 Å². The fourth-order valence-corrected chi connectivity index (χ4v) is 11.3. The van der Waals surface area contributed by atoms with Gasteiger partial charge in [-0.05, 0) is 107 Å². The number of aliphatic carboxylic acids is 3. The number of amides is 6. The first kappa shape index (κ1) is 70.2. The Kier molecular flexibility index (Phi) is 27.8. The summed E-state index contributed by atoms with van der Waals surface area (Å²) in [5.74, 6) is -8.49. The highest BCUT2D eigenvalue weighted by Crippen LogP contribution is 2.32. The van der Waals surface area contributed by atoms with E-state index >= 15 is 0 Å². The number of carbonyl (C=O) groups is 9. The van der Waals surface area contributed by atoms with Gasteiger partial charge in [0, 0.05) is 96.4 Å². The Morgan fingerprint density at radius 2 is 1.34 bits per heavy atom. The molecule has 1 aromatic heterocycles. The van der Waals surface area contributed by atoms with E-state index in [2.05, 4.69) is 26.3 Å². The van der Waals surface area contributed by atoms with Crippen molar-refractivity contribution in [2.75, 3.05) is 118 Å². The summed E-state index contributed by atoms with van der Waals surface area (Å²) in [6.45, 7) is 4.17. The van der Waals surface area contributed by atoms with Gasteiger partial charge in [-0.15, -0.1) is 0 Å². The number of hydrogen-bond donors (Lipinski definition) is 7. The predicted molar refractivity (Wildman–Crippen MR) is 323 cm³/mol. The lowest BCUT2D eigenvalue weighted by Crippen LogP contribution is -2.55. The molecule has 3 aromatic rings. The zero-order chi connectivity index (χ0) is 64.5. The fraction of sp³-hybridized carbons (Fsp3) is 0.597. The summed E-state index contributed by atoms with van der Waals surface area (Å²) in [4.78, 5) is 130. The van der Waals surface area contributed by atoms with Gasteiger partial charge in [0.2, 0.25) is 29.5 Å². The van der Waals surface area contributed by atoms with Gasteiger partial charge in [-0.2, -0.15) is 5.26 Å². The third-order valence-corrected chi connectivity index (χ3v) is 16.3. The molecule has 4 heterocycles. The number of fused-ring (bicyclic) bond motifs is 1. The number of rotatable bonds is 30. The van der Waals surface area contributed by atoms with Crippen molar-refractivity contribution in [3.8, 4) is 11.8 Å². The SMILES string of the molecule is Cc1ccc(CCCC(=O)NCCCC[C@H](NC(=O)CN2CCN(CC(=O)O)CCN(CC(=O)O)CCN(CC(=O)O)CC2)C(=O)N[C@@H](C)C(=O)N2CCC(CCCCOc3ccc4nccc(C(=O)NCC(=O)N5CC(F)(F)C[C@@H]5C#N)c4c3)CC2)cc1. The molecule has 3 fully saturated rings. The number of carboxylic acids is 3. The Bertz CT molecular complexity index is 2910. The predicted octanol–water partition coefficient (Wildman–Crippen LogP) is 2.59. The van der Waals surface area contributed by atoms with Crippen molar-refractivity contribution in [1.82, 2.24) is 55.7 Å². The minimum Gasteiger partial charge on any atom is -0.494 e. The number of hydrogen-bond acceptors (Lipinski definition) is 16. The lowest BCUT2D eigenvalue weighted by Gasteiger charge is -2.34. The third kappa shape index (κ3) is 24.2. The molecule has 3 saturated heterocycles. The van der Waals surface area contributed by atoms with Gasteiger partial charge in [0.05, 0.1) is 63.0 Å². The van der Waals surface area contributed by atoms with Crippen molar-refractivity contribution in [1.29, 1.82) is 5.26 Å². The number of piperidine rings is 1. The number of unbranched alkanes of at least 4 members (excludes halogenated alkanes) is 2. The van der Waals surface area contributed by atoms with E-state index in [1.807, 2.05) is 31.2 Å². The maximum absolute atomic E-state index is 14.2. The van der Waals surface area contributed by atoms with Crippen molar-refractivity contribution in [3.05, 3.63) is 71.4 Å². The van der Waals surface area contributed by atoms with Crippen LogP contribution >= 0.6 is 0 Å². The second kappa shape index (κ2) is 35.3. The highest BCUT2D eigenvalue weighted by atomic mass is 19.3. The molecule has 25 nitrogen and oxygen atoms in total. The maximum Gasteiger partial charge on any atom is 0.317 e. The monoisotopic (exact) mass is 1240 g/mol. The van der Waals surface area contributed by atoms with E-state index in [1.165, 1.54) is 12.3 Å². The molecule has 6 amide bonds. The Balaban J connectivity index is 0.984. The maximum atomic E-state index is 14.2. The van der Waals surface area contributed by atoms with Crippen LogP contribution in [-0.2, 0) is 44.8 Å². The van der Waals surface area contributed by atoms with Crippen molar-refractivity contribution in [2.24, 2.45) is 5.92 Å². The molecule has 3 aliphatic rings. The first-order valence-electron chi connectivity index (χ1n) is 30.7. The van der Waals surface area contributed by atoms with Gasteiger partial charge in [0.25, 0.3) is 11.8 Å². The summed E-state index contributed by atoms with van der Waals surface area (Å²) in [5.41, 5.74) is 3.00. The molecule has 0 aliphatic carbocycles. The Labute approximate surface area is 517 Å². The van der Waals surface area contributed by atoms with Crippen LogP contribution in [0.25, 0.3) is 10.9 Å². The summed E-state index contributed by atoms with van der Waals surface area (Å²) < 4.78 is 33.9. The van der Waals surface area contributed by atoms with E-state index in [0.29, 0.717) is 80.9 Å². The number of aryl methyl sites for hydroxylation is 2. The zero-order valence-electron chi connectivity index (χ0n) is 51.0. The van der Waals surface area contributed by atoms with E-state index in [-0.39, 0.29) is 102 Å². The van der Waals surface area contributed by atoms with E-state index in [4.69, 9.17) is 4.74 Å². The van der Waals surface area contributed by atoms with E-state index < -0.39 is 85.1 Å². The molecule has 0 bridgehead atoms. The smallest absolute Gasteiger partial charge is 0.317 e. The Hall–Kier alpha value is -7.93. The summed E-state index contributed by atoms with van der Waals surface area (Å²) in [5, 5.41) is 49.8. The first-order valence-corrected chi connectivity index (χ1v) is 30.7. The number of nitrogens with one attached hydrogen (secondary N) is 4. The van der Waals surface area contributed by atoms with Gasteiger partial charge in [-0.3, -0.25) is 67.7 Å². The van der Waals surface area contributed by atoms with Gasteiger partial charge in [0.1, 0.15) is 23.9 Å². The minimum atomic E-state index is -3.19. The summed E-state index contributed by atoms with van der Waals surface area (Å²) >= 11 is 0. The van der Waals surface area contributed by atoms with Crippen LogP contribution in [0.15, 0.2) is 54.7 Å². The summed E-state index contributed by atoms with van der Waals surface area (Å²) in [6.07, 6.45) is 7.49. The van der Waals surface area contributed by atoms with E-state index in [9.17, 15) is 72.5 Å². The lowest BCUT2D eigenvalue weighted by molar-refractivity contribution is -0.140. The van der Waals surface area contributed by atoms with Crippen LogP contribution in [0.4, 0.5) is 8.78 Å². The molecule has 0 spiro atoms. The fourth-order valence-electron chi connectivity index (χ4n) is 11.3. The number of pyridine rings is 1. The van der Waals surface area contributed by atoms with Crippen molar-refractivity contribution < 1.29 is 72.0 Å². The quantitative estimate of drug-likeness (QED) is 0.0472. The van der Waals surface area contributed by atoms with Gasteiger partial charge in [-0.25, -0.2) is 8.78 Å². The summed E-state index contributed by atoms with van der Waals surface area (Å²) in [6, 6.07) is 13.2. The molecular formula is C62H86F2N12O13. The molecule has 0 saturated carbocycles. The molecule has 7 N–H and O–H groups in total. The van der Waals surface area contributed by atoms with Crippen LogP contribution in [0.1, 0.15) is 99.0 Å². The number of benzene rings is 2. The molecule has 2 aromatic carbocycles. The largest absolute Gasteiger partial charge is 0.494 e. The molecule has 0 radical (unpaired) electrons. The average Bonchev–Trinajstić information content (AvgIpc) is 2.81. The molecule has 27 heteroatoms. The average molecular weight is 1250 g/mol.